The summed E-state index contributed by atoms with van der Waals surface area (Å²) in [5.74, 6) is -0.549. The van der Waals surface area contributed by atoms with Crippen LogP contribution in [0.2, 0.25) is 0 Å². The fourth-order valence-electron chi connectivity index (χ4n) is 1.55. The van der Waals surface area contributed by atoms with E-state index in [1.165, 1.54) is 24.3 Å². The Labute approximate surface area is 105 Å². The first kappa shape index (κ1) is 11.9. The molecule has 0 aliphatic rings. The molecule has 2 aromatic carbocycles. The summed E-state index contributed by atoms with van der Waals surface area (Å²) in [6.07, 6.45) is 3.02. The smallest absolute Gasteiger partial charge is 0.189 e. The molecule has 3 heteroatoms. The van der Waals surface area contributed by atoms with E-state index in [-0.39, 0.29) is 22.8 Å². The summed E-state index contributed by atoms with van der Waals surface area (Å²) >= 11 is 0. The van der Waals surface area contributed by atoms with Crippen LogP contribution in [0.15, 0.2) is 54.6 Å². The number of rotatable bonds is 3. The summed E-state index contributed by atoms with van der Waals surface area (Å²) in [4.78, 5) is 11.8. The Bertz CT molecular complexity index is 586. The highest BCUT2D eigenvalue weighted by atomic mass is 16.3. The average molecular weight is 240 g/mol. The van der Waals surface area contributed by atoms with Crippen molar-refractivity contribution in [2.75, 3.05) is 0 Å². The number of hydrogen-bond acceptors (Lipinski definition) is 3. The van der Waals surface area contributed by atoms with Gasteiger partial charge in [0, 0.05) is 0 Å². The van der Waals surface area contributed by atoms with E-state index in [0.29, 0.717) is 0 Å². The standard InChI is InChI=1S/C15H12O3/c16-12-7-9-15(18)13(10-12)14(17)8-6-11-4-2-1-3-5-11/h1-10,16,18H. The Morgan fingerprint density at radius 2 is 1.72 bits per heavy atom. The number of phenols is 2. The zero-order valence-electron chi connectivity index (χ0n) is 9.58. The molecule has 90 valence electrons. The lowest BCUT2D eigenvalue weighted by atomic mass is 10.1. The van der Waals surface area contributed by atoms with Crippen LogP contribution in [-0.4, -0.2) is 16.0 Å². The van der Waals surface area contributed by atoms with Gasteiger partial charge in [0.1, 0.15) is 11.5 Å². The number of ketones is 1. The maximum absolute atomic E-state index is 11.8. The second kappa shape index (κ2) is 5.19. The molecule has 0 unspecified atom stereocenters. The summed E-state index contributed by atoms with van der Waals surface area (Å²) in [5.41, 5.74) is 0.979. The van der Waals surface area contributed by atoms with Crippen molar-refractivity contribution in [2.24, 2.45) is 0 Å². The lowest BCUT2D eigenvalue weighted by molar-refractivity contribution is 0.104. The molecule has 0 bridgehead atoms. The van der Waals surface area contributed by atoms with Crippen molar-refractivity contribution in [3.05, 3.63) is 65.7 Å². The maximum atomic E-state index is 11.8. The van der Waals surface area contributed by atoms with Crippen LogP contribution in [0.5, 0.6) is 11.5 Å². The maximum Gasteiger partial charge on any atom is 0.189 e. The van der Waals surface area contributed by atoms with E-state index in [1.54, 1.807) is 6.08 Å². The lowest BCUT2D eigenvalue weighted by Gasteiger charge is -2.01. The van der Waals surface area contributed by atoms with Crippen molar-refractivity contribution in [3.8, 4) is 11.5 Å². The van der Waals surface area contributed by atoms with Gasteiger partial charge < -0.3 is 10.2 Å². The van der Waals surface area contributed by atoms with Crippen LogP contribution in [0.4, 0.5) is 0 Å². The predicted molar refractivity (Wildman–Crippen MR) is 69.6 cm³/mol. The van der Waals surface area contributed by atoms with E-state index in [9.17, 15) is 15.0 Å². The highest BCUT2D eigenvalue weighted by Gasteiger charge is 2.08. The molecule has 0 saturated heterocycles. The summed E-state index contributed by atoms with van der Waals surface area (Å²) in [7, 11) is 0. The van der Waals surface area contributed by atoms with Crippen LogP contribution in [0.25, 0.3) is 6.08 Å². The first-order valence-corrected chi connectivity index (χ1v) is 5.46. The molecule has 2 rings (SSSR count). The van der Waals surface area contributed by atoms with E-state index >= 15 is 0 Å². The van der Waals surface area contributed by atoms with Gasteiger partial charge in [0.25, 0.3) is 0 Å². The minimum Gasteiger partial charge on any atom is -0.508 e. The van der Waals surface area contributed by atoms with Crippen molar-refractivity contribution in [1.29, 1.82) is 0 Å². The number of carbonyl (C=O) groups excluding carboxylic acids is 1. The van der Waals surface area contributed by atoms with Crippen molar-refractivity contribution in [1.82, 2.24) is 0 Å². The van der Waals surface area contributed by atoms with Gasteiger partial charge in [-0.2, -0.15) is 0 Å². The number of carbonyl (C=O) groups is 1. The molecule has 3 nitrogen and oxygen atoms in total. The van der Waals surface area contributed by atoms with E-state index in [4.69, 9.17) is 0 Å². The van der Waals surface area contributed by atoms with E-state index < -0.39 is 0 Å². The van der Waals surface area contributed by atoms with Crippen LogP contribution < -0.4 is 0 Å². The zero-order chi connectivity index (χ0) is 13.0. The van der Waals surface area contributed by atoms with Crippen LogP contribution in [-0.2, 0) is 0 Å². The second-order valence-electron chi connectivity index (χ2n) is 3.81. The Morgan fingerprint density at radius 1 is 1.00 bits per heavy atom. The molecule has 2 N–H and O–H groups in total. The Balaban J connectivity index is 2.22. The fourth-order valence-corrected chi connectivity index (χ4v) is 1.55. The molecule has 0 atom stereocenters. The number of aromatic hydroxyl groups is 2. The van der Waals surface area contributed by atoms with E-state index in [2.05, 4.69) is 0 Å². The molecule has 0 aromatic heterocycles. The average Bonchev–Trinajstić information content (AvgIpc) is 2.40. The lowest BCUT2D eigenvalue weighted by Crippen LogP contribution is -1.94. The number of phenolic OH excluding ortho intramolecular Hbond substituents is 2. The molecule has 2 aromatic rings. The van der Waals surface area contributed by atoms with Crippen molar-refractivity contribution in [2.45, 2.75) is 0 Å². The van der Waals surface area contributed by atoms with Gasteiger partial charge in [0.05, 0.1) is 5.56 Å². The Hall–Kier alpha value is -2.55. The zero-order valence-corrected chi connectivity index (χ0v) is 9.58. The van der Waals surface area contributed by atoms with Gasteiger partial charge in [0.15, 0.2) is 5.78 Å². The summed E-state index contributed by atoms with van der Waals surface area (Å²) in [6, 6.07) is 13.2. The third-order valence-electron chi connectivity index (χ3n) is 2.47. The second-order valence-corrected chi connectivity index (χ2v) is 3.81. The molecule has 0 aliphatic heterocycles. The Morgan fingerprint density at radius 3 is 2.44 bits per heavy atom. The number of allylic oxidation sites excluding steroid dienone is 1. The van der Waals surface area contributed by atoms with Gasteiger partial charge in [-0.25, -0.2) is 0 Å². The van der Waals surface area contributed by atoms with Crippen molar-refractivity contribution >= 4 is 11.9 Å². The molecule has 0 amide bonds. The summed E-state index contributed by atoms with van der Waals surface area (Å²) < 4.78 is 0. The molecular formula is C15H12O3. The summed E-state index contributed by atoms with van der Waals surface area (Å²) in [5, 5.41) is 18.8. The van der Waals surface area contributed by atoms with Gasteiger partial charge in [0.2, 0.25) is 0 Å². The highest BCUT2D eigenvalue weighted by molar-refractivity contribution is 6.08. The van der Waals surface area contributed by atoms with Gasteiger partial charge in [-0.1, -0.05) is 36.4 Å². The SMILES string of the molecule is O=C(C=Cc1ccccc1)c1cc(O)ccc1O. The van der Waals surface area contributed by atoms with E-state index in [0.717, 1.165) is 5.56 Å². The topological polar surface area (TPSA) is 57.5 Å². The molecule has 0 heterocycles. The largest absolute Gasteiger partial charge is 0.508 e. The van der Waals surface area contributed by atoms with Crippen LogP contribution >= 0.6 is 0 Å². The number of benzene rings is 2. The van der Waals surface area contributed by atoms with Crippen LogP contribution in [0.3, 0.4) is 0 Å². The molecule has 0 fully saturated rings. The van der Waals surface area contributed by atoms with Gasteiger partial charge >= 0.3 is 0 Å². The number of hydrogen-bond donors (Lipinski definition) is 2. The van der Waals surface area contributed by atoms with Gasteiger partial charge in [-0.15, -0.1) is 0 Å². The molecule has 0 spiro atoms. The first-order valence-electron chi connectivity index (χ1n) is 5.46. The van der Waals surface area contributed by atoms with Gasteiger partial charge in [-0.05, 0) is 29.8 Å². The fraction of sp³-hybridized carbons (Fsp3) is 0. The molecule has 0 aliphatic carbocycles. The third kappa shape index (κ3) is 2.77. The van der Waals surface area contributed by atoms with Gasteiger partial charge in [-0.3, -0.25) is 4.79 Å². The molecule has 0 radical (unpaired) electrons. The first-order chi connectivity index (χ1) is 8.66. The minimum absolute atomic E-state index is 0.0516. The van der Waals surface area contributed by atoms with Crippen molar-refractivity contribution < 1.29 is 15.0 Å². The normalized spacial score (nSPS) is 10.7. The quantitative estimate of drug-likeness (QED) is 0.492. The van der Waals surface area contributed by atoms with Crippen LogP contribution in [0.1, 0.15) is 15.9 Å². The highest BCUT2D eigenvalue weighted by Crippen LogP contribution is 2.22. The minimum atomic E-state index is -0.354. The van der Waals surface area contributed by atoms with Crippen molar-refractivity contribution in [3.63, 3.8) is 0 Å². The van der Waals surface area contributed by atoms with Crippen LogP contribution in [0, 0.1) is 0 Å². The molecular weight excluding hydrogens is 228 g/mol. The van der Waals surface area contributed by atoms with E-state index in [1.807, 2.05) is 30.3 Å². The third-order valence-corrected chi connectivity index (χ3v) is 2.47. The Kier molecular flexibility index (Phi) is 3.44. The monoisotopic (exact) mass is 240 g/mol. The predicted octanol–water partition coefficient (Wildman–Crippen LogP) is 2.99. The summed E-state index contributed by atoms with van der Waals surface area (Å²) in [6.45, 7) is 0. The molecule has 0 saturated carbocycles. The molecule has 18 heavy (non-hydrogen) atoms.